The molecule has 0 spiro atoms. The zero-order valence-electron chi connectivity index (χ0n) is 15.2. The van der Waals surface area contributed by atoms with Gasteiger partial charge in [-0.05, 0) is 40.6 Å². The molecule has 138 valence electrons. The number of nitrogens with zero attached hydrogens (tertiary/aromatic N) is 4. The van der Waals surface area contributed by atoms with Crippen molar-refractivity contribution in [2.45, 2.75) is 23.9 Å². The highest BCUT2D eigenvalue weighted by Gasteiger charge is 2.08. The molecule has 0 saturated carbocycles. The number of thioether (sulfide) groups is 1. The lowest BCUT2D eigenvalue weighted by molar-refractivity contribution is 0.637. The summed E-state index contributed by atoms with van der Waals surface area (Å²) in [6.07, 6.45) is 2.80. The van der Waals surface area contributed by atoms with Crippen LogP contribution in [-0.2, 0) is 18.7 Å². The third kappa shape index (κ3) is 4.33. The van der Waals surface area contributed by atoms with Crippen LogP contribution in [0.3, 0.4) is 0 Å². The lowest BCUT2D eigenvalue weighted by Gasteiger charge is -2.07. The van der Waals surface area contributed by atoms with Crippen LogP contribution in [0.15, 0.2) is 77.5 Å². The van der Waals surface area contributed by atoms with Crippen molar-refractivity contribution in [2.75, 3.05) is 0 Å². The summed E-state index contributed by atoms with van der Waals surface area (Å²) < 4.78 is 2.11. The molecule has 0 aliphatic rings. The van der Waals surface area contributed by atoms with Crippen molar-refractivity contribution in [1.29, 1.82) is 5.26 Å². The van der Waals surface area contributed by atoms with Crippen molar-refractivity contribution in [3.63, 3.8) is 0 Å². The molecule has 6 heteroatoms. The van der Waals surface area contributed by atoms with E-state index in [0.29, 0.717) is 5.56 Å². The summed E-state index contributed by atoms with van der Waals surface area (Å²) in [5, 5.41) is 20.7. The molecule has 0 aliphatic heterocycles. The Labute approximate surface area is 172 Å². The molecule has 0 radical (unpaired) electrons. The van der Waals surface area contributed by atoms with E-state index in [1.54, 1.807) is 29.4 Å². The molecular formula is C22H18N4S2. The van der Waals surface area contributed by atoms with Crippen molar-refractivity contribution in [3.05, 3.63) is 88.4 Å². The number of nitriles is 1. The second-order valence-electron chi connectivity index (χ2n) is 6.28. The quantitative estimate of drug-likeness (QED) is 0.388. The lowest BCUT2D eigenvalue weighted by atomic mass is 10.00. The minimum atomic E-state index is 0.698. The fourth-order valence-electron chi connectivity index (χ4n) is 2.96. The van der Waals surface area contributed by atoms with Gasteiger partial charge in [0.15, 0.2) is 5.16 Å². The molecule has 0 aliphatic carbocycles. The van der Waals surface area contributed by atoms with Crippen LogP contribution in [0, 0.1) is 11.3 Å². The van der Waals surface area contributed by atoms with Crippen LogP contribution in [0.5, 0.6) is 0 Å². The van der Waals surface area contributed by atoms with E-state index < -0.39 is 0 Å². The maximum Gasteiger partial charge on any atom is 0.191 e. The highest BCUT2D eigenvalue weighted by Crippen LogP contribution is 2.26. The number of thiophene rings is 1. The Morgan fingerprint density at radius 1 is 1.04 bits per heavy atom. The number of aryl methyl sites for hydroxylation is 2. The molecule has 0 amide bonds. The van der Waals surface area contributed by atoms with Gasteiger partial charge < -0.3 is 4.57 Å². The second kappa shape index (κ2) is 8.87. The van der Waals surface area contributed by atoms with Gasteiger partial charge in [0.25, 0.3) is 0 Å². The van der Waals surface area contributed by atoms with Gasteiger partial charge in [0.2, 0.25) is 0 Å². The van der Waals surface area contributed by atoms with Crippen molar-refractivity contribution in [2.24, 2.45) is 0 Å². The van der Waals surface area contributed by atoms with Gasteiger partial charge in [0, 0.05) is 17.2 Å². The third-order valence-corrected chi connectivity index (χ3v) is 6.43. The van der Waals surface area contributed by atoms with Gasteiger partial charge in [0.05, 0.1) is 11.6 Å². The van der Waals surface area contributed by atoms with Crippen LogP contribution in [0.2, 0.25) is 0 Å². The van der Waals surface area contributed by atoms with E-state index in [9.17, 15) is 5.26 Å². The summed E-state index contributed by atoms with van der Waals surface area (Å²) in [7, 11) is 0. The molecule has 0 bridgehead atoms. The molecule has 2 aromatic heterocycles. The van der Waals surface area contributed by atoms with Crippen LogP contribution in [-0.4, -0.2) is 14.8 Å². The van der Waals surface area contributed by atoms with E-state index in [1.165, 1.54) is 10.4 Å². The summed E-state index contributed by atoms with van der Waals surface area (Å²) >= 11 is 3.48. The van der Waals surface area contributed by atoms with E-state index in [-0.39, 0.29) is 0 Å². The van der Waals surface area contributed by atoms with E-state index in [4.69, 9.17) is 0 Å². The SMILES string of the molecule is N#Cc1ccccc1-c1ccc(CSc2nncn2CCc2cccs2)cc1. The number of rotatable bonds is 7. The van der Waals surface area contributed by atoms with E-state index in [1.807, 2.05) is 24.3 Å². The third-order valence-electron chi connectivity index (χ3n) is 4.44. The molecular weight excluding hydrogens is 384 g/mol. The first-order chi connectivity index (χ1) is 13.8. The Kier molecular flexibility index (Phi) is 5.86. The van der Waals surface area contributed by atoms with E-state index in [2.05, 4.69) is 62.6 Å². The van der Waals surface area contributed by atoms with Crippen molar-refractivity contribution < 1.29 is 0 Å². The van der Waals surface area contributed by atoms with Crippen molar-refractivity contribution >= 4 is 23.1 Å². The first-order valence-electron chi connectivity index (χ1n) is 8.95. The summed E-state index contributed by atoms with van der Waals surface area (Å²) in [6.45, 7) is 0.889. The van der Waals surface area contributed by atoms with Gasteiger partial charge in [-0.3, -0.25) is 0 Å². The van der Waals surface area contributed by atoms with Gasteiger partial charge in [-0.25, -0.2) is 0 Å². The Bertz CT molecular complexity index is 1080. The number of hydrogen-bond donors (Lipinski definition) is 0. The van der Waals surface area contributed by atoms with Gasteiger partial charge in [0.1, 0.15) is 6.33 Å². The number of hydrogen-bond acceptors (Lipinski definition) is 5. The maximum atomic E-state index is 9.29. The smallest absolute Gasteiger partial charge is 0.191 e. The zero-order chi connectivity index (χ0) is 19.2. The monoisotopic (exact) mass is 402 g/mol. The summed E-state index contributed by atoms with van der Waals surface area (Å²) in [5.74, 6) is 0.831. The molecule has 4 aromatic rings. The minimum absolute atomic E-state index is 0.698. The summed E-state index contributed by atoms with van der Waals surface area (Å²) in [6, 6.07) is 22.6. The van der Waals surface area contributed by atoms with Crippen LogP contribution < -0.4 is 0 Å². The van der Waals surface area contributed by atoms with Gasteiger partial charge in [-0.15, -0.1) is 21.5 Å². The molecule has 2 aromatic carbocycles. The molecule has 4 nitrogen and oxygen atoms in total. The Morgan fingerprint density at radius 3 is 2.68 bits per heavy atom. The molecule has 4 rings (SSSR count). The van der Waals surface area contributed by atoms with Gasteiger partial charge in [-0.2, -0.15) is 5.26 Å². The van der Waals surface area contributed by atoms with E-state index in [0.717, 1.165) is 35.0 Å². The molecule has 0 saturated heterocycles. The maximum absolute atomic E-state index is 9.29. The van der Waals surface area contributed by atoms with Gasteiger partial charge in [-0.1, -0.05) is 60.3 Å². The fourth-order valence-corrected chi connectivity index (χ4v) is 4.55. The van der Waals surface area contributed by atoms with Crippen molar-refractivity contribution in [3.8, 4) is 17.2 Å². The first kappa shape index (κ1) is 18.5. The normalized spacial score (nSPS) is 10.7. The van der Waals surface area contributed by atoms with Crippen LogP contribution in [0.25, 0.3) is 11.1 Å². The standard InChI is InChI=1S/C22H18N4S2/c23-14-19-4-1-2-6-21(19)18-9-7-17(8-10-18)15-28-22-25-24-16-26(22)12-11-20-5-3-13-27-20/h1-10,13,16H,11-12,15H2. The Hall–Kier alpha value is -2.88. The molecule has 0 fully saturated rings. The van der Waals surface area contributed by atoms with Crippen LogP contribution in [0.1, 0.15) is 16.0 Å². The predicted octanol–water partition coefficient (Wildman–Crippen LogP) is 5.41. The minimum Gasteiger partial charge on any atom is -0.308 e. The summed E-state index contributed by atoms with van der Waals surface area (Å²) in [4.78, 5) is 1.37. The summed E-state index contributed by atoms with van der Waals surface area (Å²) in [5.41, 5.74) is 3.95. The number of aromatic nitrogens is 3. The average molecular weight is 403 g/mol. The van der Waals surface area contributed by atoms with Crippen molar-refractivity contribution in [1.82, 2.24) is 14.8 Å². The molecule has 28 heavy (non-hydrogen) atoms. The topological polar surface area (TPSA) is 54.5 Å². The molecule has 2 heterocycles. The second-order valence-corrected chi connectivity index (χ2v) is 8.25. The van der Waals surface area contributed by atoms with Crippen LogP contribution >= 0.6 is 23.1 Å². The predicted molar refractivity (Wildman–Crippen MR) is 114 cm³/mol. The number of benzene rings is 2. The highest BCUT2D eigenvalue weighted by molar-refractivity contribution is 7.98. The lowest BCUT2D eigenvalue weighted by Crippen LogP contribution is -2.01. The first-order valence-corrected chi connectivity index (χ1v) is 10.8. The molecule has 0 atom stereocenters. The Morgan fingerprint density at radius 2 is 1.89 bits per heavy atom. The van der Waals surface area contributed by atoms with Gasteiger partial charge >= 0.3 is 0 Å². The average Bonchev–Trinajstić information content (AvgIpc) is 3.43. The largest absolute Gasteiger partial charge is 0.308 e. The van der Waals surface area contributed by atoms with E-state index >= 15 is 0 Å². The van der Waals surface area contributed by atoms with Crippen LogP contribution in [0.4, 0.5) is 0 Å². The zero-order valence-corrected chi connectivity index (χ0v) is 16.8. The fraction of sp³-hybridized carbons (Fsp3) is 0.136. The Balaban J connectivity index is 1.39. The molecule has 0 unspecified atom stereocenters. The molecule has 0 N–H and O–H groups in total. The highest BCUT2D eigenvalue weighted by atomic mass is 32.2.